The highest BCUT2D eigenvalue weighted by Crippen LogP contribution is 2.25. The minimum absolute atomic E-state index is 0.530. The molecule has 18 heavy (non-hydrogen) atoms. The molecule has 1 aromatic carbocycles. The van der Waals surface area contributed by atoms with Gasteiger partial charge in [0.05, 0.1) is 5.39 Å². The number of hydrogen-bond acceptors (Lipinski definition) is 4. The van der Waals surface area contributed by atoms with Crippen molar-refractivity contribution in [2.24, 2.45) is 0 Å². The molecule has 90 valence electrons. The van der Waals surface area contributed by atoms with Crippen molar-refractivity contribution in [3.05, 3.63) is 53.2 Å². The molecule has 0 fully saturated rings. The third-order valence-electron chi connectivity index (χ3n) is 2.72. The van der Waals surface area contributed by atoms with Crippen molar-refractivity contribution in [3.8, 4) is 5.88 Å². The van der Waals surface area contributed by atoms with E-state index in [1.165, 1.54) is 5.56 Å². The van der Waals surface area contributed by atoms with Crippen molar-refractivity contribution in [2.45, 2.75) is 13.5 Å². The molecule has 0 aliphatic carbocycles. The summed E-state index contributed by atoms with van der Waals surface area (Å²) in [6.45, 7) is 2.60. The molecule has 0 aliphatic rings. The molecule has 0 radical (unpaired) electrons. The van der Waals surface area contributed by atoms with Gasteiger partial charge in [0.2, 0.25) is 5.88 Å². The van der Waals surface area contributed by atoms with Crippen molar-refractivity contribution in [2.75, 3.05) is 0 Å². The zero-order valence-corrected chi connectivity index (χ0v) is 10.8. The van der Waals surface area contributed by atoms with Gasteiger partial charge in [-0.05, 0) is 23.9 Å². The summed E-state index contributed by atoms with van der Waals surface area (Å²) >= 11 is 1.59. The van der Waals surface area contributed by atoms with Gasteiger partial charge in [0, 0.05) is 0 Å². The fraction of sp³-hybridized carbons (Fsp3) is 0.143. The molecule has 0 unspecified atom stereocenters. The van der Waals surface area contributed by atoms with Gasteiger partial charge in [-0.1, -0.05) is 29.8 Å². The zero-order chi connectivity index (χ0) is 12.4. The number of ether oxygens (including phenoxy) is 1. The summed E-state index contributed by atoms with van der Waals surface area (Å²) in [5.74, 6) is 0.654. The third kappa shape index (κ3) is 2.19. The molecule has 0 saturated heterocycles. The highest BCUT2D eigenvalue weighted by atomic mass is 32.1. The third-order valence-corrected chi connectivity index (χ3v) is 3.54. The van der Waals surface area contributed by atoms with Crippen LogP contribution in [0.3, 0.4) is 0 Å². The summed E-state index contributed by atoms with van der Waals surface area (Å²) in [6, 6.07) is 10.3. The van der Waals surface area contributed by atoms with Crippen molar-refractivity contribution in [1.29, 1.82) is 0 Å². The Morgan fingerprint density at radius 2 is 1.94 bits per heavy atom. The van der Waals surface area contributed by atoms with Crippen molar-refractivity contribution < 1.29 is 4.74 Å². The van der Waals surface area contributed by atoms with Crippen molar-refractivity contribution in [1.82, 2.24) is 9.97 Å². The van der Waals surface area contributed by atoms with Crippen LogP contribution in [0.2, 0.25) is 0 Å². The van der Waals surface area contributed by atoms with E-state index >= 15 is 0 Å². The molecule has 0 aliphatic heterocycles. The van der Waals surface area contributed by atoms with Gasteiger partial charge in [-0.2, -0.15) is 0 Å². The van der Waals surface area contributed by atoms with Crippen LogP contribution in [0.1, 0.15) is 11.1 Å². The second kappa shape index (κ2) is 4.74. The maximum absolute atomic E-state index is 5.76. The molecule has 0 bridgehead atoms. The smallest absolute Gasteiger partial charge is 0.225 e. The molecule has 3 rings (SSSR count). The van der Waals surface area contributed by atoms with E-state index in [4.69, 9.17) is 4.74 Å². The Bertz CT molecular complexity index is 661. The van der Waals surface area contributed by atoms with Gasteiger partial charge in [-0.15, -0.1) is 11.3 Å². The van der Waals surface area contributed by atoms with Gasteiger partial charge >= 0.3 is 0 Å². The second-order valence-electron chi connectivity index (χ2n) is 4.09. The fourth-order valence-corrected chi connectivity index (χ4v) is 2.44. The largest absolute Gasteiger partial charge is 0.472 e. The van der Waals surface area contributed by atoms with Crippen LogP contribution in [0.5, 0.6) is 5.88 Å². The van der Waals surface area contributed by atoms with Crippen LogP contribution in [0.15, 0.2) is 42.0 Å². The van der Waals surface area contributed by atoms with Gasteiger partial charge in [-0.25, -0.2) is 9.97 Å². The minimum atomic E-state index is 0.530. The minimum Gasteiger partial charge on any atom is -0.472 e. The summed E-state index contributed by atoms with van der Waals surface area (Å²) in [6.07, 6.45) is 1.54. The van der Waals surface area contributed by atoms with Crippen LogP contribution >= 0.6 is 11.3 Å². The van der Waals surface area contributed by atoms with Gasteiger partial charge in [-0.3, -0.25) is 0 Å². The van der Waals surface area contributed by atoms with E-state index in [1.807, 2.05) is 11.4 Å². The average Bonchev–Trinajstić information content (AvgIpc) is 2.87. The first kappa shape index (κ1) is 11.2. The van der Waals surface area contributed by atoms with Gasteiger partial charge in [0.1, 0.15) is 17.8 Å². The lowest BCUT2D eigenvalue weighted by molar-refractivity contribution is 0.297. The molecule has 0 saturated carbocycles. The number of nitrogens with zero attached hydrogens (tertiary/aromatic N) is 2. The number of fused-ring (bicyclic) bond motifs is 1. The molecular formula is C14H12N2OS. The molecule has 4 heteroatoms. The predicted molar refractivity (Wildman–Crippen MR) is 72.9 cm³/mol. The summed E-state index contributed by atoms with van der Waals surface area (Å²) in [5, 5.41) is 2.98. The summed E-state index contributed by atoms with van der Waals surface area (Å²) in [5.41, 5.74) is 2.39. The van der Waals surface area contributed by atoms with Crippen LogP contribution < -0.4 is 4.74 Å². The standard InChI is InChI=1S/C14H12N2OS/c1-10-2-4-11(5-3-10)8-17-13-12-6-7-18-14(12)16-9-15-13/h2-7,9H,8H2,1H3. The Morgan fingerprint density at radius 1 is 1.11 bits per heavy atom. The number of aromatic nitrogens is 2. The van der Waals surface area contributed by atoms with E-state index in [0.29, 0.717) is 12.5 Å². The number of thiophene rings is 1. The van der Waals surface area contributed by atoms with E-state index in [1.54, 1.807) is 17.7 Å². The lowest BCUT2D eigenvalue weighted by Crippen LogP contribution is -1.97. The van der Waals surface area contributed by atoms with Crippen molar-refractivity contribution in [3.63, 3.8) is 0 Å². The first-order valence-electron chi connectivity index (χ1n) is 5.69. The zero-order valence-electron chi connectivity index (χ0n) is 9.96. The molecule has 0 amide bonds. The molecule has 0 N–H and O–H groups in total. The van der Waals surface area contributed by atoms with Crippen LogP contribution in [-0.4, -0.2) is 9.97 Å². The predicted octanol–water partition coefficient (Wildman–Crippen LogP) is 3.58. The summed E-state index contributed by atoms with van der Waals surface area (Å²) in [7, 11) is 0. The number of aryl methyl sites for hydroxylation is 1. The molecule has 3 aromatic rings. The Balaban J connectivity index is 1.80. The Morgan fingerprint density at radius 3 is 2.78 bits per heavy atom. The first-order chi connectivity index (χ1) is 8.83. The number of rotatable bonds is 3. The van der Waals surface area contributed by atoms with Gasteiger partial charge in [0.15, 0.2) is 0 Å². The maximum atomic E-state index is 5.76. The van der Waals surface area contributed by atoms with E-state index in [2.05, 4.69) is 41.2 Å². The second-order valence-corrected chi connectivity index (χ2v) is 4.99. The molecule has 2 heterocycles. The van der Waals surface area contributed by atoms with E-state index in [-0.39, 0.29) is 0 Å². The Labute approximate surface area is 109 Å². The van der Waals surface area contributed by atoms with Crippen LogP contribution in [0.4, 0.5) is 0 Å². The maximum Gasteiger partial charge on any atom is 0.225 e. The first-order valence-corrected chi connectivity index (χ1v) is 6.57. The summed E-state index contributed by atoms with van der Waals surface area (Å²) in [4.78, 5) is 9.34. The molecule has 3 nitrogen and oxygen atoms in total. The van der Waals surface area contributed by atoms with E-state index in [0.717, 1.165) is 15.8 Å². The molecule has 2 aromatic heterocycles. The van der Waals surface area contributed by atoms with Crippen LogP contribution in [0, 0.1) is 6.92 Å². The Kier molecular flexibility index (Phi) is 2.94. The summed E-state index contributed by atoms with van der Waals surface area (Å²) < 4.78 is 5.76. The van der Waals surface area contributed by atoms with E-state index < -0.39 is 0 Å². The molecule has 0 spiro atoms. The topological polar surface area (TPSA) is 35.0 Å². The fourth-order valence-electron chi connectivity index (χ4n) is 1.72. The number of hydrogen-bond donors (Lipinski definition) is 0. The lowest BCUT2D eigenvalue weighted by Gasteiger charge is -2.06. The van der Waals surface area contributed by atoms with Crippen molar-refractivity contribution >= 4 is 21.6 Å². The van der Waals surface area contributed by atoms with Gasteiger partial charge in [0.25, 0.3) is 0 Å². The average molecular weight is 256 g/mol. The Hall–Kier alpha value is -1.94. The van der Waals surface area contributed by atoms with E-state index in [9.17, 15) is 0 Å². The van der Waals surface area contributed by atoms with Gasteiger partial charge < -0.3 is 4.74 Å². The highest BCUT2D eigenvalue weighted by molar-refractivity contribution is 7.16. The lowest BCUT2D eigenvalue weighted by atomic mass is 10.2. The van der Waals surface area contributed by atoms with Crippen LogP contribution in [0.25, 0.3) is 10.2 Å². The molecular weight excluding hydrogens is 244 g/mol. The number of benzene rings is 1. The quantitative estimate of drug-likeness (QED) is 0.718. The highest BCUT2D eigenvalue weighted by Gasteiger charge is 2.05. The normalized spacial score (nSPS) is 10.7. The van der Waals surface area contributed by atoms with Crippen LogP contribution in [-0.2, 0) is 6.61 Å². The monoisotopic (exact) mass is 256 g/mol. The SMILES string of the molecule is Cc1ccc(COc2ncnc3sccc23)cc1. The molecule has 0 atom stereocenters.